The summed E-state index contributed by atoms with van der Waals surface area (Å²) in [6, 6.07) is 13.5. The molecule has 1 aliphatic carbocycles. The van der Waals surface area contributed by atoms with Crippen LogP contribution in [0.4, 0.5) is 5.69 Å². The molecule has 4 rings (SSSR count). The molecule has 2 aromatic heterocycles. The lowest BCUT2D eigenvalue weighted by atomic mass is 10.1. The van der Waals surface area contributed by atoms with Gasteiger partial charge in [0.1, 0.15) is 11.8 Å². The molecule has 0 radical (unpaired) electrons. The molecule has 2 heterocycles. The van der Waals surface area contributed by atoms with Crippen LogP contribution in [0.25, 0.3) is 0 Å². The minimum Gasteiger partial charge on any atom is -0.497 e. The van der Waals surface area contributed by atoms with Crippen LogP contribution in [-0.4, -0.2) is 37.4 Å². The second-order valence-electron chi connectivity index (χ2n) is 8.03. The molecule has 1 saturated carbocycles. The highest BCUT2D eigenvalue weighted by molar-refractivity contribution is 7.12. The summed E-state index contributed by atoms with van der Waals surface area (Å²) in [6.07, 6.45) is 4.05. The summed E-state index contributed by atoms with van der Waals surface area (Å²) in [6.45, 7) is -0.244. The Hall–Kier alpha value is -3.17. The standard InChI is InChI=1S/C25H27N3O4S2/c1-32-19-10-4-9-18(15-19)28(22(29)16-26-24(30)21-12-6-14-34-21)23(20-11-5-13-33-20)25(31)27-17-7-2-3-8-17/h4-6,9-15,17,23H,2-3,7-8,16H2,1H3,(H,26,30)(H,27,31)/t23-/m0/s1. The predicted octanol–water partition coefficient (Wildman–Crippen LogP) is 4.38. The Kier molecular flexibility index (Phi) is 7.97. The molecule has 3 amide bonds. The SMILES string of the molecule is COc1cccc(N(C(=O)CNC(=O)c2cccs2)[C@H](C(=O)NC2CCCC2)c2cccs2)c1. The van der Waals surface area contributed by atoms with E-state index in [-0.39, 0.29) is 24.4 Å². The Labute approximate surface area is 206 Å². The van der Waals surface area contributed by atoms with Gasteiger partial charge in [-0.3, -0.25) is 19.3 Å². The van der Waals surface area contributed by atoms with E-state index in [0.29, 0.717) is 16.3 Å². The zero-order chi connectivity index (χ0) is 23.9. The number of hydrogen-bond acceptors (Lipinski definition) is 6. The smallest absolute Gasteiger partial charge is 0.261 e. The van der Waals surface area contributed by atoms with Crippen molar-refractivity contribution in [3.05, 3.63) is 69.0 Å². The van der Waals surface area contributed by atoms with E-state index >= 15 is 0 Å². The van der Waals surface area contributed by atoms with E-state index in [4.69, 9.17) is 4.74 Å². The second-order valence-corrected chi connectivity index (χ2v) is 9.96. The maximum absolute atomic E-state index is 13.6. The van der Waals surface area contributed by atoms with Crippen LogP contribution in [0.1, 0.15) is 46.3 Å². The van der Waals surface area contributed by atoms with Crippen LogP contribution >= 0.6 is 22.7 Å². The highest BCUT2D eigenvalue weighted by Crippen LogP contribution is 2.33. The minimum absolute atomic E-state index is 0.107. The van der Waals surface area contributed by atoms with Crippen molar-refractivity contribution < 1.29 is 19.1 Å². The number of rotatable bonds is 9. The van der Waals surface area contributed by atoms with E-state index in [9.17, 15) is 14.4 Å². The summed E-state index contributed by atoms with van der Waals surface area (Å²) in [4.78, 5) is 42.4. The Morgan fingerprint density at radius 3 is 2.50 bits per heavy atom. The highest BCUT2D eigenvalue weighted by atomic mass is 32.1. The van der Waals surface area contributed by atoms with Crippen molar-refractivity contribution in [2.75, 3.05) is 18.6 Å². The molecule has 1 aromatic carbocycles. The van der Waals surface area contributed by atoms with Crippen molar-refractivity contribution in [2.24, 2.45) is 0 Å². The average Bonchev–Trinajstić information content (AvgIpc) is 3.64. The normalized spacial score (nSPS) is 14.4. The van der Waals surface area contributed by atoms with Gasteiger partial charge in [0.2, 0.25) is 11.8 Å². The summed E-state index contributed by atoms with van der Waals surface area (Å²) >= 11 is 2.72. The van der Waals surface area contributed by atoms with Gasteiger partial charge in [-0.1, -0.05) is 31.0 Å². The van der Waals surface area contributed by atoms with Gasteiger partial charge in [-0.05, 0) is 47.9 Å². The fourth-order valence-electron chi connectivity index (χ4n) is 4.10. The molecule has 9 heteroatoms. The number of anilines is 1. The van der Waals surface area contributed by atoms with Gasteiger partial charge in [0.25, 0.3) is 5.91 Å². The quantitative estimate of drug-likeness (QED) is 0.459. The summed E-state index contributed by atoms with van der Waals surface area (Å²) in [5, 5.41) is 9.53. The van der Waals surface area contributed by atoms with Gasteiger partial charge in [0.05, 0.1) is 18.5 Å². The largest absolute Gasteiger partial charge is 0.497 e. The minimum atomic E-state index is -0.862. The number of carbonyl (C=O) groups excluding carboxylic acids is 3. The van der Waals surface area contributed by atoms with E-state index in [1.165, 1.54) is 27.6 Å². The molecule has 7 nitrogen and oxygen atoms in total. The van der Waals surface area contributed by atoms with E-state index in [1.54, 1.807) is 48.9 Å². The molecular weight excluding hydrogens is 470 g/mol. The van der Waals surface area contributed by atoms with Crippen molar-refractivity contribution in [2.45, 2.75) is 37.8 Å². The number of thiophene rings is 2. The predicted molar refractivity (Wildman–Crippen MR) is 135 cm³/mol. The number of hydrogen-bond donors (Lipinski definition) is 2. The van der Waals surface area contributed by atoms with Crippen LogP contribution in [-0.2, 0) is 9.59 Å². The van der Waals surface area contributed by atoms with Gasteiger partial charge in [-0.25, -0.2) is 0 Å². The Morgan fingerprint density at radius 2 is 1.82 bits per heavy atom. The first-order valence-corrected chi connectivity index (χ1v) is 12.9. The lowest BCUT2D eigenvalue weighted by Gasteiger charge is -2.31. The van der Waals surface area contributed by atoms with Crippen molar-refractivity contribution in [3.63, 3.8) is 0 Å². The average molecular weight is 498 g/mol. The lowest BCUT2D eigenvalue weighted by molar-refractivity contribution is -0.126. The molecule has 178 valence electrons. The second kappa shape index (κ2) is 11.3. The van der Waals surface area contributed by atoms with E-state index in [0.717, 1.165) is 30.6 Å². The molecular formula is C25H27N3O4S2. The van der Waals surface area contributed by atoms with Crippen LogP contribution in [0.2, 0.25) is 0 Å². The third-order valence-corrected chi connectivity index (χ3v) is 7.56. The van der Waals surface area contributed by atoms with Crippen molar-refractivity contribution in [1.82, 2.24) is 10.6 Å². The van der Waals surface area contributed by atoms with E-state index in [2.05, 4.69) is 10.6 Å². The summed E-state index contributed by atoms with van der Waals surface area (Å²) in [5.41, 5.74) is 0.523. The number of nitrogens with zero attached hydrogens (tertiary/aromatic N) is 1. The van der Waals surface area contributed by atoms with Crippen LogP contribution < -0.4 is 20.3 Å². The van der Waals surface area contributed by atoms with Crippen LogP contribution in [0, 0.1) is 0 Å². The van der Waals surface area contributed by atoms with Gasteiger partial charge >= 0.3 is 0 Å². The number of ether oxygens (including phenoxy) is 1. The summed E-state index contributed by atoms with van der Waals surface area (Å²) < 4.78 is 5.37. The molecule has 0 spiro atoms. The molecule has 0 saturated heterocycles. The van der Waals surface area contributed by atoms with E-state index in [1.807, 2.05) is 17.5 Å². The number of carbonyl (C=O) groups is 3. The van der Waals surface area contributed by atoms with Crippen LogP contribution in [0.3, 0.4) is 0 Å². The first-order chi connectivity index (χ1) is 16.6. The van der Waals surface area contributed by atoms with Crippen LogP contribution in [0.5, 0.6) is 5.75 Å². The van der Waals surface area contributed by atoms with Crippen molar-refractivity contribution in [3.8, 4) is 5.75 Å². The summed E-state index contributed by atoms with van der Waals surface area (Å²) in [5.74, 6) is -0.371. The number of benzene rings is 1. The Morgan fingerprint density at radius 1 is 1.06 bits per heavy atom. The molecule has 1 fully saturated rings. The van der Waals surface area contributed by atoms with Gasteiger partial charge in [-0.2, -0.15) is 0 Å². The maximum Gasteiger partial charge on any atom is 0.261 e. The molecule has 1 atom stereocenters. The molecule has 0 aliphatic heterocycles. The van der Waals surface area contributed by atoms with Gasteiger partial charge in [-0.15, -0.1) is 22.7 Å². The Balaban J connectivity index is 1.65. The molecule has 3 aromatic rings. The van der Waals surface area contributed by atoms with Crippen LogP contribution in [0.15, 0.2) is 59.3 Å². The fourth-order valence-corrected chi connectivity index (χ4v) is 5.56. The molecule has 34 heavy (non-hydrogen) atoms. The van der Waals surface area contributed by atoms with E-state index < -0.39 is 11.9 Å². The topological polar surface area (TPSA) is 87.7 Å². The number of amides is 3. The highest BCUT2D eigenvalue weighted by Gasteiger charge is 2.35. The molecule has 0 bridgehead atoms. The first-order valence-electron chi connectivity index (χ1n) is 11.2. The monoisotopic (exact) mass is 497 g/mol. The lowest BCUT2D eigenvalue weighted by Crippen LogP contribution is -2.48. The maximum atomic E-state index is 13.6. The zero-order valence-electron chi connectivity index (χ0n) is 18.9. The molecule has 0 unspecified atom stereocenters. The third-order valence-electron chi connectivity index (χ3n) is 5.77. The van der Waals surface area contributed by atoms with Gasteiger partial charge in [0.15, 0.2) is 0 Å². The van der Waals surface area contributed by atoms with Gasteiger partial charge in [0, 0.05) is 22.7 Å². The van der Waals surface area contributed by atoms with Crippen molar-refractivity contribution >= 4 is 46.1 Å². The molecule has 1 aliphatic rings. The zero-order valence-corrected chi connectivity index (χ0v) is 20.5. The molecule has 2 N–H and O–H groups in total. The Bertz CT molecular complexity index is 1110. The number of methoxy groups -OCH3 is 1. The van der Waals surface area contributed by atoms with Crippen molar-refractivity contribution in [1.29, 1.82) is 0 Å². The number of nitrogens with one attached hydrogen (secondary N) is 2. The third kappa shape index (κ3) is 5.66. The van der Waals surface area contributed by atoms with Gasteiger partial charge < -0.3 is 15.4 Å². The summed E-state index contributed by atoms with van der Waals surface area (Å²) in [7, 11) is 1.55. The first kappa shape index (κ1) is 24.0. The fraction of sp³-hybridized carbons (Fsp3) is 0.320.